The molecule has 1 aliphatic heterocycles. The fourth-order valence-electron chi connectivity index (χ4n) is 3.06. The first-order valence-electron chi connectivity index (χ1n) is 7.41. The van der Waals surface area contributed by atoms with Crippen LogP contribution in [-0.4, -0.2) is 24.5 Å². The van der Waals surface area contributed by atoms with Crippen LogP contribution in [0.25, 0.3) is 0 Å². The quantitative estimate of drug-likeness (QED) is 0.922. The average Bonchev–Trinajstić information content (AvgIpc) is 2.53. The summed E-state index contributed by atoms with van der Waals surface area (Å²) in [5.41, 5.74) is 10.3. The van der Waals surface area contributed by atoms with E-state index in [-0.39, 0.29) is 0 Å². The monoisotopic (exact) mass is 266 g/mol. The Morgan fingerprint density at radius 1 is 0.950 bits per heavy atom. The number of benzene rings is 2. The van der Waals surface area contributed by atoms with Crippen LogP contribution in [0.4, 0.5) is 0 Å². The molecule has 0 radical (unpaired) electrons. The number of rotatable bonds is 4. The van der Waals surface area contributed by atoms with Crippen LogP contribution in [0, 0.1) is 0 Å². The molecule has 104 valence electrons. The van der Waals surface area contributed by atoms with Crippen LogP contribution in [-0.2, 0) is 13.0 Å². The van der Waals surface area contributed by atoms with Crippen molar-refractivity contribution in [2.24, 2.45) is 5.73 Å². The minimum atomic E-state index is 0.432. The maximum atomic E-state index is 5.99. The highest BCUT2D eigenvalue weighted by Crippen LogP contribution is 2.22. The summed E-state index contributed by atoms with van der Waals surface area (Å²) >= 11 is 0. The smallest absolute Gasteiger partial charge is 0.0236 e. The highest BCUT2D eigenvalue weighted by Gasteiger charge is 2.19. The molecule has 0 amide bonds. The summed E-state index contributed by atoms with van der Waals surface area (Å²) in [7, 11) is 0. The lowest BCUT2D eigenvalue weighted by molar-refractivity contribution is 0.239. The second-order valence-electron chi connectivity index (χ2n) is 5.60. The predicted octanol–water partition coefficient (Wildman–Crippen LogP) is 2.79. The minimum absolute atomic E-state index is 0.432. The zero-order valence-corrected chi connectivity index (χ0v) is 11.8. The Balaban J connectivity index is 1.69. The van der Waals surface area contributed by atoms with Crippen molar-refractivity contribution in [3.05, 3.63) is 71.3 Å². The van der Waals surface area contributed by atoms with Gasteiger partial charge in [0.2, 0.25) is 0 Å². The van der Waals surface area contributed by atoms with Gasteiger partial charge in [0.25, 0.3) is 0 Å². The fraction of sp³-hybridized carbons (Fsp3) is 0.333. The fourth-order valence-corrected chi connectivity index (χ4v) is 3.06. The van der Waals surface area contributed by atoms with Crippen molar-refractivity contribution in [3.8, 4) is 0 Å². The molecule has 2 N–H and O–H groups in total. The standard InChI is InChI=1S/C18H22N2/c19-12-18(15-6-2-1-3-7-15)14-20-11-10-16-8-4-5-9-17(16)13-20/h1-9,18H,10-14,19H2. The first kappa shape index (κ1) is 13.3. The second-order valence-corrected chi connectivity index (χ2v) is 5.60. The van der Waals surface area contributed by atoms with E-state index < -0.39 is 0 Å². The number of hydrogen-bond acceptors (Lipinski definition) is 2. The van der Waals surface area contributed by atoms with Crippen molar-refractivity contribution in [2.75, 3.05) is 19.6 Å². The third-order valence-electron chi connectivity index (χ3n) is 4.24. The third-order valence-corrected chi connectivity index (χ3v) is 4.24. The molecular weight excluding hydrogens is 244 g/mol. The SMILES string of the molecule is NCC(CN1CCc2ccccc2C1)c1ccccc1. The summed E-state index contributed by atoms with van der Waals surface area (Å²) in [5, 5.41) is 0. The summed E-state index contributed by atoms with van der Waals surface area (Å²) in [5.74, 6) is 0.432. The molecule has 1 unspecified atom stereocenters. The normalized spacial score (nSPS) is 16.6. The number of hydrogen-bond donors (Lipinski definition) is 1. The van der Waals surface area contributed by atoms with Gasteiger partial charge in [0, 0.05) is 32.1 Å². The molecule has 0 bridgehead atoms. The minimum Gasteiger partial charge on any atom is -0.330 e. The molecule has 0 fully saturated rings. The summed E-state index contributed by atoms with van der Waals surface area (Å²) < 4.78 is 0. The number of fused-ring (bicyclic) bond motifs is 1. The number of nitrogens with zero attached hydrogens (tertiary/aromatic N) is 1. The van der Waals surface area contributed by atoms with Gasteiger partial charge in [0.05, 0.1) is 0 Å². The Labute approximate surface area is 121 Å². The first-order chi connectivity index (χ1) is 9.86. The summed E-state index contributed by atoms with van der Waals surface area (Å²) in [4.78, 5) is 2.53. The highest BCUT2D eigenvalue weighted by atomic mass is 15.1. The first-order valence-corrected chi connectivity index (χ1v) is 7.41. The van der Waals surface area contributed by atoms with Gasteiger partial charge in [-0.15, -0.1) is 0 Å². The molecule has 2 nitrogen and oxygen atoms in total. The van der Waals surface area contributed by atoms with Crippen molar-refractivity contribution >= 4 is 0 Å². The van der Waals surface area contributed by atoms with E-state index in [0.29, 0.717) is 12.5 Å². The van der Waals surface area contributed by atoms with Gasteiger partial charge >= 0.3 is 0 Å². The lowest BCUT2D eigenvalue weighted by atomic mass is 9.95. The predicted molar refractivity (Wildman–Crippen MR) is 83.7 cm³/mol. The van der Waals surface area contributed by atoms with E-state index in [1.165, 1.54) is 16.7 Å². The van der Waals surface area contributed by atoms with Crippen molar-refractivity contribution in [1.29, 1.82) is 0 Å². The van der Waals surface area contributed by atoms with Crippen LogP contribution in [0.3, 0.4) is 0 Å². The van der Waals surface area contributed by atoms with Crippen molar-refractivity contribution < 1.29 is 0 Å². The molecule has 2 aromatic rings. The van der Waals surface area contributed by atoms with E-state index in [9.17, 15) is 0 Å². The van der Waals surface area contributed by atoms with Gasteiger partial charge in [0.1, 0.15) is 0 Å². The Bertz CT molecular complexity index is 550. The molecule has 2 heteroatoms. The molecular formula is C18H22N2. The van der Waals surface area contributed by atoms with Crippen LogP contribution in [0.2, 0.25) is 0 Å². The van der Waals surface area contributed by atoms with Gasteiger partial charge in [-0.2, -0.15) is 0 Å². The van der Waals surface area contributed by atoms with E-state index in [1.54, 1.807) is 0 Å². The zero-order valence-electron chi connectivity index (χ0n) is 11.8. The molecule has 0 saturated carbocycles. The van der Waals surface area contributed by atoms with Crippen LogP contribution >= 0.6 is 0 Å². The van der Waals surface area contributed by atoms with E-state index in [4.69, 9.17) is 5.73 Å². The molecule has 1 atom stereocenters. The van der Waals surface area contributed by atoms with Crippen molar-refractivity contribution in [2.45, 2.75) is 18.9 Å². The topological polar surface area (TPSA) is 29.3 Å². The van der Waals surface area contributed by atoms with E-state index in [1.807, 2.05) is 0 Å². The molecule has 0 aliphatic carbocycles. The second kappa shape index (κ2) is 6.21. The van der Waals surface area contributed by atoms with E-state index >= 15 is 0 Å². The van der Waals surface area contributed by atoms with Crippen LogP contribution in [0.1, 0.15) is 22.6 Å². The van der Waals surface area contributed by atoms with E-state index in [0.717, 1.165) is 26.1 Å². The summed E-state index contributed by atoms with van der Waals surface area (Å²) in [6.45, 7) is 3.96. The largest absolute Gasteiger partial charge is 0.330 e. The highest BCUT2D eigenvalue weighted by molar-refractivity contribution is 5.29. The van der Waals surface area contributed by atoms with Gasteiger partial charge in [-0.3, -0.25) is 4.90 Å². The molecule has 2 aromatic carbocycles. The molecule has 0 spiro atoms. The van der Waals surface area contributed by atoms with Gasteiger partial charge in [0.15, 0.2) is 0 Å². The maximum absolute atomic E-state index is 5.99. The Morgan fingerprint density at radius 3 is 2.40 bits per heavy atom. The lowest BCUT2D eigenvalue weighted by Gasteiger charge is -2.31. The average molecular weight is 266 g/mol. The van der Waals surface area contributed by atoms with Gasteiger partial charge < -0.3 is 5.73 Å². The van der Waals surface area contributed by atoms with Crippen molar-refractivity contribution in [1.82, 2.24) is 4.90 Å². The molecule has 1 heterocycles. The van der Waals surface area contributed by atoms with Crippen LogP contribution < -0.4 is 5.73 Å². The molecule has 20 heavy (non-hydrogen) atoms. The molecule has 3 rings (SSSR count). The van der Waals surface area contributed by atoms with Crippen LogP contribution in [0.15, 0.2) is 54.6 Å². The lowest BCUT2D eigenvalue weighted by Crippen LogP contribution is -2.35. The maximum Gasteiger partial charge on any atom is 0.0236 e. The van der Waals surface area contributed by atoms with Gasteiger partial charge in [-0.1, -0.05) is 54.6 Å². The third kappa shape index (κ3) is 2.92. The van der Waals surface area contributed by atoms with Gasteiger partial charge in [-0.25, -0.2) is 0 Å². The Morgan fingerprint density at radius 2 is 1.65 bits per heavy atom. The molecule has 0 aromatic heterocycles. The Kier molecular flexibility index (Phi) is 4.14. The number of nitrogens with two attached hydrogens (primary N) is 1. The molecule has 1 aliphatic rings. The Hall–Kier alpha value is -1.64. The summed E-state index contributed by atoms with van der Waals surface area (Å²) in [6, 6.07) is 19.4. The molecule has 0 saturated heterocycles. The van der Waals surface area contributed by atoms with Crippen molar-refractivity contribution in [3.63, 3.8) is 0 Å². The zero-order chi connectivity index (χ0) is 13.8. The summed E-state index contributed by atoms with van der Waals surface area (Å²) in [6.07, 6.45) is 1.16. The van der Waals surface area contributed by atoms with Crippen LogP contribution in [0.5, 0.6) is 0 Å². The van der Waals surface area contributed by atoms with E-state index in [2.05, 4.69) is 59.5 Å². The van der Waals surface area contributed by atoms with Gasteiger partial charge in [-0.05, 0) is 23.1 Å².